The third-order valence-electron chi connectivity index (χ3n) is 4.52. The van der Waals surface area contributed by atoms with Crippen LogP contribution >= 0.6 is 0 Å². The van der Waals surface area contributed by atoms with E-state index in [4.69, 9.17) is 9.47 Å². The first-order valence-corrected chi connectivity index (χ1v) is 9.17. The van der Waals surface area contributed by atoms with Crippen molar-refractivity contribution in [3.8, 4) is 5.75 Å². The van der Waals surface area contributed by atoms with E-state index in [-0.39, 0.29) is 5.91 Å². The fourth-order valence-electron chi connectivity index (χ4n) is 2.96. The second-order valence-electron chi connectivity index (χ2n) is 6.40. The molecule has 146 valence electrons. The van der Waals surface area contributed by atoms with Gasteiger partial charge in [0, 0.05) is 38.2 Å². The van der Waals surface area contributed by atoms with Crippen LogP contribution in [0.15, 0.2) is 67.0 Å². The molecule has 1 amide bonds. The lowest BCUT2D eigenvalue weighted by atomic mass is 10.2. The summed E-state index contributed by atoms with van der Waals surface area (Å²) < 4.78 is 12.4. The number of hydrogen-bond acceptors (Lipinski definition) is 4. The number of hydrogen-bond donors (Lipinski definition) is 0. The number of aromatic nitrogens is 2. The van der Waals surface area contributed by atoms with Gasteiger partial charge >= 0.3 is 0 Å². The highest BCUT2D eigenvalue weighted by atomic mass is 16.5. The van der Waals surface area contributed by atoms with Crippen LogP contribution in [-0.4, -0.2) is 47.7 Å². The van der Waals surface area contributed by atoms with E-state index in [9.17, 15) is 4.79 Å². The van der Waals surface area contributed by atoms with Crippen molar-refractivity contribution in [3.05, 3.63) is 83.9 Å². The Morgan fingerprint density at radius 2 is 1.82 bits per heavy atom. The average molecular weight is 379 g/mol. The molecule has 0 N–H and O–H groups in total. The van der Waals surface area contributed by atoms with Crippen molar-refractivity contribution in [1.82, 2.24) is 14.5 Å². The fourth-order valence-corrected chi connectivity index (χ4v) is 2.96. The fraction of sp³-hybridized carbons (Fsp3) is 0.273. The predicted octanol–water partition coefficient (Wildman–Crippen LogP) is 3.23. The van der Waals surface area contributed by atoms with Crippen LogP contribution in [0.2, 0.25) is 0 Å². The molecule has 0 bridgehead atoms. The van der Waals surface area contributed by atoms with Gasteiger partial charge in [-0.25, -0.2) is 4.98 Å². The number of amides is 1. The maximum atomic E-state index is 13.0. The van der Waals surface area contributed by atoms with Crippen LogP contribution in [0.1, 0.15) is 21.7 Å². The Morgan fingerprint density at radius 3 is 2.50 bits per heavy atom. The van der Waals surface area contributed by atoms with Crippen LogP contribution in [-0.2, 0) is 17.8 Å². The van der Waals surface area contributed by atoms with Crippen molar-refractivity contribution < 1.29 is 14.3 Å². The molecular weight excluding hydrogens is 354 g/mol. The van der Waals surface area contributed by atoms with E-state index in [1.807, 2.05) is 24.4 Å². The molecule has 1 aromatic heterocycles. The van der Waals surface area contributed by atoms with E-state index >= 15 is 0 Å². The number of rotatable bonds is 9. The topological polar surface area (TPSA) is 56.6 Å². The number of carbonyl (C=O) groups excluding carboxylic acids is 1. The van der Waals surface area contributed by atoms with Gasteiger partial charge in [0.05, 0.1) is 20.3 Å². The van der Waals surface area contributed by atoms with Gasteiger partial charge in [0.25, 0.3) is 5.91 Å². The molecule has 0 saturated carbocycles. The van der Waals surface area contributed by atoms with Crippen molar-refractivity contribution in [2.75, 3.05) is 27.4 Å². The summed E-state index contributed by atoms with van der Waals surface area (Å²) in [6, 6.07) is 17.3. The number of benzene rings is 2. The lowest BCUT2D eigenvalue weighted by Crippen LogP contribution is -2.34. The zero-order valence-electron chi connectivity index (χ0n) is 16.2. The van der Waals surface area contributed by atoms with E-state index in [2.05, 4.69) is 21.7 Å². The monoisotopic (exact) mass is 379 g/mol. The summed E-state index contributed by atoms with van der Waals surface area (Å²) >= 11 is 0. The number of imidazole rings is 1. The zero-order valence-corrected chi connectivity index (χ0v) is 16.2. The Balaban J connectivity index is 1.77. The summed E-state index contributed by atoms with van der Waals surface area (Å²) in [5.74, 6) is 1.49. The Morgan fingerprint density at radius 1 is 1.07 bits per heavy atom. The lowest BCUT2D eigenvalue weighted by Gasteiger charge is -2.23. The van der Waals surface area contributed by atoms with Crippen molar-refractivity contribution >= 4 is 5.91 Å². The molecule has 0 aliphatic carbocycles. The molecule has 0 saturated heterocycles. The molecule has 0 fully saturated rings. The van der Waals surface area contributed by atoms with Gasteiger partial charge in [-0.15, -0.1) is 0 Å². The summed E-state index contributed by atoms with van der Waals surface area (Å²) in [5.41, 5.74) is 1.80. The molecular formula is C22H25N3O3. The van der Waals surface area contributed by atoms with Crippen LogP contribution in [0.25, 0.3) is 0 Å². The van der Waals surface area contributed by atoms with Crippen molar-refractivity contribution in [2.45, 2.75) is 13.1 Å². The smallest absolute Gasteiger partial charge is 0.254 e. The maximum Gasteiger partial charge on any atom is 0.254 e. The van der Waals surface area contributed by atoms with E-state index in [0.717, 1.165) is 11.6 Å². The quantitative estimate of drug-likeness (QED) is 0.573. The molecule has 2 aromatic carbocycles. The van der Waals surface area contributed by atoms with Crippen LogP contribution in [0, 0.1) is 0 Å². The first-order valence-electron chi connectivity index (χ1n) is 9.17. The second kappa shape index (κ2) is 9.71. The van der Waals surface area contributed by atoms with Gasteiger partial charge in [0.1, 0.15) is 11.6 Å². The van der Waals surface area contributed by atoms with E-state index in [0.29, 0.717) is 31.8 Å². The minimum absolute atomic E-state index is 0.0611. The van der Waals surface area contributed by atoms with Crippen molar-refractivity contribution in [3.63, 3.8) is 0 Å². The molecule has 0 spiro atoms. The second-order valence-corrected chi connectivity index (χ2v) is 6.40. The largest absolute Gasteiger partial charge is 0.497 e. The van der Waals surface area contributed by atoms with Crippen LogP contribution in [0.3, 0.4) is 0 Å². The van der Waals surface area contributed by atoms with Gasteiger partial charge in [-0.05, 0) is 29.8 Å². The predicted molar refractivity (Wildman–Crippen MR) is 107 cm³/mol. The van der Waals surface area contributed by atoms with Crippen molar-refractivity contribution in [2.24, 2.45) is 0 Å². The Bertz CT molecular complexity index is 876. The molecule has 0 radical (unpaired) electrons. The molecule has 0 aliphatic heterocycles. The molecule has 1 heterocycles. The van der Waals surface area contributed by atoms with E-state index in [1.54, 1.807) is 49.6 Å². The van der Waals surface area contributed by atoms with Gasteiger partial charge in [-0.3, -0.25) is 4.79 Å². The number of ether oxygens (including phenoxy) is 2. The minimum atomic E-state index is -0.0611. The van der Waals surface area contributed by atoms with Crippen molar-refractivity contribution in [1.29, 1.82) is 0 Å². The summed E-state index contributed by atoms with van der Waals surface area (Å²) in [6.07, 6.45) is 3.71. The average Bonchev–Trinajstić information content (AvgIpc) is 3.18. The minimum Gasteiger partial charge on any atom is -0.497 e. The Hall–Kier alpha value is -3.12. The van der Waals surface area contributed by atoms with E-state index < -0.39 is 0 Å². The molecule has 0 unspecified atom stereocenters. The molecule has 3 rings (SSSR count). The lowest BCUT2D eigenvalue weighted by molar-refractivity contribution is 0.0673. The van der Waals surface area contributed by atoms with Gasteiger partial charge in [-0.1, -0.05) is 30.3 Å². The highest BCUT2D eigenvalue weighted by Crippen LogP contribution is 2.15. The summed E-state index contributed by atoms with van der Waals surface area (Å²) in [7, 11) is 3.24. The van der Waals surface area contributed by atoms with E-state index in [1.165, 1.54) is 5.56 Å². The molecule has 0 atom stereocenters. The van der Waals surface area contributed by atoms with Crippen LogP contribution in [0.4, 0.5) is 0 Å². The van der Waals surface area contributed by atoms with Gasteiger partial charge < -0.3 is 18.9 Å². The molecule has 6 heteroatoms. The molecule has 0 aliphatic rings. The normalized spacial score (nSPS) is 10.6. The zero-order chi connectivity index (χ0) is 19.8. The van der Waals surface area contributed by atoms with Gasteiger partial charge in [-0.2, -0.15) is 0 Å². The number of methoxy groups -OCH3 is 2. The number of carbonyl (C=O) groups is 1. The summed E-state index contributed by atoms with van der Waals surface area (Å²) in [5, 5.41) is 0. The Kier molecular flexibility index (Phi) is 6.81. The first kappa shape index (κ1) is 19.6. The molecule has 6 nitrogen and oxygen atoms in total. The van der Waals surface area contributed by atoms with Gasteiger partial charge in [0.15, 0.2) is 0 Å². The molecule has 3 aromatic rings. The SMILES string of the molecule is COCCN(Cc1nccn1Cc1ccccc1)C(=O)c1ccc(OC)cc1. The summed E-state index contributed by atoms with van der Waals surface area (Å²) in [6.45, 7) is 2.07. The Labute approximate surface area is 165 Å². The first-order chi connectivity index (χ1) is 13.7. The maximum absolute atomic E-state index is 13.0. The van der Waals surface area contributed by atoms with Gasteiger partial charge in [0.2, 0.25) is 0 Å². The third kappa shape index (κ3) is 4.98. The molecule has 28 heavy (non-hydrogen) atoms. The van der Waals surface area contributed by atoms with Crippen LogP contribution < -0.4 is 4.74 Å². The highest BCUT2D eigenvalue weighted by molar-refractivity contribution is 5.94. The number of nitrogens with zero attached hydrogens (tertiary/aromatic N) is 3. The third-order valence-corrected chi connectivity index (χ3v) is 4.52. The highest BCUT2D eigenvalue weighted by Gasteiger charge is 2.18. The summed E-state index contributed by atoms with van der Waals surface area (Å²) in [4.78, 5) is 19.3. The van der Waals surface area contributed by atoms with Crippen LogP contribution in [0.5, 0.6) is 5.75 Å². The standard InChI is InChI=1S/C22H25N3O3/c1-27-15-14-25(22(26)19-8-10-20(28-2)11-9-19)17-21-23-12-13-24(21)16-18-6-4-3-5-7-18/h3-13H,14-17H2,1-2H3.